The summed E-state index contributed by atoms with van der Waals surface area (Å²) >= 11 is 0. The molecule has 3 nitrogen and oxygen atoms in total. The first-order valence-electron chi connectivity index (χ1n) is 8.09. The number of amides is 1. The van der Waals surface area contributed by atoms with Crippen LogP contribution in [0.15, 0.2) is 60.2 Å². The van der Waals surface area contributed by atoms with E-state index in [1.807, 2.05) is 12.1 Å². The molecule has 0 bridgehead atoms. The summed E-state index contributed by atoms with van der Waals surface area (Å²) in [4.78, 5) is 11.9. The number of allylic oxidation sites excluding steroid dienone is 1. The molecule has 2 aliphatic rings. The van der Waals surface area contributed by atoms with Crippen LogP contribution in [-0.4, -0.2) is 19.2 Å². The van der Waals surface area contributed by atoms with Gasteiger partial charge in [-0.1, -0.05) is 60.2 Å². The monoisotopic (exact) mass is 305 g/mol. The molecule has 2 aromatic rings. The van der Waals surface area contributed by atoms with Crippen molar-refractivity contribution in [2.45, 2.75) is 18.8 Å². The highest BCUT2D eigenvalue weighted by molar-refractivity contribution is 5.79. The SMILES string of the molecule is O=C(NCC=C1CC1)OCC1c2ccccc2-c2ccccc21. The van der Waals surface area contributed by atoms with E-state index in [1.165, 1.54) is 40.7 Å². The summed E-state index contributed by atoms with van der Waals surface area (Å²) in [6, 6.07) is 16.7. The molecular formula is C20H19NO2. The molecular weight excluding hydrogens is 286 g/mol. The van der Waals surface area contributed by atoms with Gasteiger partial charge in [0.15, 0.2) is 0 Å². The van der Waals surface area contributed by atoms with E-state index in [0.717, 1.165) is 0 Å². The molecule has 23 heavy (non-hydrogen) atoms. The van der Waals surface area contributed by atoms with E-state index in [0.29, 0.717) is 13.2 Å². The summed E-state index contributed by atoms with van der Waals surface area (Å²) in [5.41, 5.74) is 6.39. The smallest absolute Gasteiger partial charge is 0.407 e. The van der Waals surface area contributed by atoms with Crippen molar-refractivity contribution in [3.8, 4) is 11.1 Å². The Hall–Kier alpha value is -2.55. The molecule has 0 aliphatic heterocycles. The van der Waals surface area contributed by atoms with Gasteiger partial charge in [0.1, 0.15) is 6.61 Å². The average molecular weight is 305 g/mol. The van der Waals surface area contributed by atoms with Gasteiger partial charge in [0.25, 0.3) is 0 Å². The first-order valence-corrected chi connectivity index (χ1v) is 8.09. The number of rotatable bonds is 4. The van der Waals surface area contributed by atoms with E-state index < -0.39 is 0 Å². The Morgan fingerprint density at radius 3 is 2.26 bits per heavy atom. The maximum atomic E-state index is 11.9. The highest BCUT2D eigenvalue weighted by Gasteiger charge is 2.28. The number of carbonyl (C=O) groups excluding carboxylic acids is 1. The number of hydrogen-bond donors (Lipinski definition) is 1. The summed E-state index contributed by atoms with van der Waals surface area (Å²) in [6.07, 6.45) is 4.07. The molecule has 3 heteroatoms. The Labute approximate surface area is 136 Å². The second-order valence-corrected chi connectivity index (χ2v) is 6.07. The van der Waals surface area contributed by atoms with Crippen LogP contribution in [0.3, 0.4) is 0 Å². The molecule has 4 rings (SSSR count). The zero-order valence-electron chi connectivity index (χ0n) is 12.9. The molecule has 0 saturated heterocycles. The normalized spacial score (nSPS) is 14.9. The minimum absolute atomic E-state index is 0.120. The molecule has 2 aromatic carbocycles. The van der Waals surface area contributed by atoms with Gasteiger partial charge in [0.05, 0.1) is 0 Å². The first kappa shape index (κ1) is 14.1. The van der Waals surface area contributed by atoms with Crippen LogP contribution in [0.1, 0.15) is 29.9 Å². The van der Waals surface area contributed by atoms with Crippen LogP contribution < -0.4 is 5.32 Å². The van der Waals surface area contributed by atoms with E-state index in [-0.39, 0.29) is 12.0 Å². The zero-order valence-corrected chi connectivity index (χ0v) is 12.9. The fourth-order valence-electron chi connectivity index (χ4n) is 3.20. The number of alkyl carbamates (subject to hydrolysis) is 1. The molecule has 1 N–H and O–H groups in total. The van der Waals surface area contributed by atoms with Gasteiger partial charge in [0, 0.05) is 12.5 Å². The highest BCUT2D eigenvalue weighted by atomic mass is 16.5. The highest BCUT2D eigenvalue weighted by Crippen LogP contribution is 2.44. The molecule has 0 unspecified atom stereocenters. The molecule has 1 amide bonds. The molecule has 2 aliphatic carbocycles. The Balaban J connectivity index is 1.46. The van der Waals surface area contributed by atoms with Gasteiger partial charge >= 0.3 is 6.09 Å². The molecule has 1 fully saturated rings. The minimum Gasteiger partial charge on any atom is -0.449 e. The van der Waals surface area contributed by atoms with E-state index >= 15 is 0 Å². The van der Waals surface area contributed by atoms with Gasteiger partial charge in [-0.15, -0.1) is 0 Å². The van der Waals surface area contributed by atoms with Crippen molar-refractivity contribution in [1.29, 1.82) is 0 Å². The standard InChI is InChI=1S/C20H19NO2/c22-20(21-12-11-14-9-10-14)23-13-19-17-7-3-1-5-15(17)16-6-2-4-8-18(16)19/h1-8,11,19H,9-10,12-13H2,(H,21,22). The Bertz CT molecular complexity index is 727. The lowest BCUT2D eigenvalue weighted by Gasteiger charge is -2.14. The third-order valence-corrected chi connectivity index (χ3v) is 4.52. The van der Waals surface area contributed by atoms with Crippen molar-refractivity contribution in [2.24, 2.45) is 0 Å². The van der Waals surface area contributed by atoms with Gasteiger partial charge in [-0.2, -0.15) is 0 Å². The second-order valence-electron chi connectivity index (χ2n) is 6.07. The third-order valence-electron chi connectivity index (χ3n) is 4.52. The van der Waals surface area contributed by atoms with Crippen LogP contribution in [0.25, 0.3) is 11.1 Å². The van der Waals surface area contributed by atoms with Gasteiger partial charge in [-0.05, 0) is 35.1 Å². The maximum Gasteiger partial charge on any atom is 0.407 e. The number of ether oxygens (including phenoxy) is 1. The number of carbonyl (C=O) groups is 1. The van der Waals surface area contributed by atoms with Crippen molar-refractivity contribution in [3.63, 3.8) is 0 Å². The number of fused-ring (bicyclic) bond motifs is 3. The van der Waals surface area contributed by atoms with Gasteiger partial charge in [-0.25, -0.2) is 4.79 Å². The largest absolute Gasteiger partial charge is 0.449 e. The fourth-order valence-corrected chi connectivity index (χ4v) is 3.20. The Morgan fingerprint density at radius 2 is 1.65 bits per heavy atom. The third kappa shape index (κ3) is 2.87. The van der Waals surface area contributed by atoms with E-state index in [4.69, 9.17) is 4.74 Å². The summed E-state index contributed by atoms with van der Waals surface area (Å²) in [6.45, 7) is 0.933. The molecule has 0 spiro atoms. The van der Waals surface area contributed by atoms with Crippen LogP contribution in [0.2, 0.25) is 0 Å². The molecule has 0 atom stereocenters. The van der Waals surface area contributed by atoms with E-state index in [2.05, 4.69) is 47.8 Å². The van der Waals surface area contributed by atoms with Gasteiger partial charge in [0.2, 0.25) is 0 Å². The lowest BCUT2D eigenvalue weighted by molar-refractivity contribution is 0.144. The summed E-state index contributed by atoms with van der Waals surface area (Å²) in [5.74, 6) is 0.120. The van der Waals surface area contributed by atoms with Crippen molar-refractivity contribution in [2.75, 3.05) is 13.2 Å². The Morgan fingerprint density at radius 1 is 1.04 bits per heavy atom. The fraction of sp³-hybridized carbons (Fsp3) is 0.250. The van der Waals surface area contributed by atoms with Crippen molar-refractivity contribution in [1.82, 2.24) is 5.32 Å². The van der Waals surface area contributed by atoms with Crippen LogP contribution in [-0.2, 0) is 4.74 Å². The lowest BCUT2D eigenvalue weighted by atomic mass is 9.98. The van der Waals surface area contributed by atoms with Crippen molar-refractivity contribution in [3.05, 3.63) is 71.3 Å². The van der Waals surface area contributed by atoms with E-state index in [1.54, 1.807) is 0 Å². The quantitative estimate of drug-likeness (QED) is 0.858. The molecule has 0 heterocycles. The second kappa shape index (κ2) is 5.92. The lowest BCUT2D eigenvalue weighted by Crippen LogP contribution is -2.26. The van der Waals surface area contributed by atoms with Crippen molar-refractivity contribution < 1.29 is 9.53 Å². The topological polar surface area (TPSA) is 38.3 Å². The number of nitrogens with one attached hydrogen (secondary N) is 1. The molecule has 0 radical (unpaired) electrons. The summed E-state index contributed by atoms with van der Waals surface area (Å²) in [7, 11) is 0. The summed E-state index contributed by atoms with van der Waals surface area (Å²) < 4.78 is 5.46. The van der Waals surface area contributed by atoms with Crippen LogP contribution in [0.4, 0.5) is 4.79 Å². The molecule has 1 saturated carbocycles. The van der Waals surface area contributed by atoms with Gasteiger partial charge in [-0.3, -0.25) is 0 Å². The minimum atomic E-state index is -0.343. The van der Waals surface area contributed by atoms with Crippen LogP contribution >= 0.6 is 0 Å². The number of benzene rings is 2. The maximum absolute atomic E-state index is 11.9. The zero-order chi connectivity index (χ0) is 15.6. The number of hydrogen-bond acceptors (Lipinski definition) is 2. The van der Waals surface area contributed by atoms with E-state index in [9.17, 15) is 4.79 Å². The predicted octanol–water partition coefficient (Wildman–Crippen LogP) is 4.25. The molecule has 0 aromatic heterocycles. The van der Waals surface area contributed by atoms with Crippen LogP contribution in [0, 0.1) is 0 Å². The van der Waals surface area contributed by atoms with Crippen LogP contribution in [0.5, 0.6) is 0 Å². The Kier molecular flexibility index (Phi) is 3.62. The molecule has 116 valence electrons. The average Bonchev–Trinajstić information content (AvgIpc) is 3.35. The summed E-state index contributed by atoms with van der Waals surface area (Å²) in [5, 5.41) is 2.79. The van der Waals surface area contributed by atoms with Gasteiger partial charge < -0.3 is 10.1 Å². The van der Waals surface area contributed by atoms with Crippen molar-refractivity contribution >= 4 is 6.09 Å². The first-order chi connectivity index (χ1) is 11.3. The predicted molar refractivity (Wildman–Crippen MR) is 90.4 cm³/mol.